The first-order valence-electron chi connectivity index (χ1n) is 10.1. The van der Waals surface area contributed by atoms with Crippen molar-refractivity contribution in [1.29, 1.82) is 0 Å². The molecule has 1 aromatic heterocycles. The van der Waals surface area contributed by atoms with Crippen LogP contribution in [0, 0.1) is 6.92 Å². The van der Waals surface area contributed by atoms with Gasteiger partial charge in [-0.25, -0.2) is 4.98 Å². The molecule has 0 aliphatic heterocycles. The number of aromatic nitrogens is 2. The number of fused-ring (bicyclic) bond motifs is 1. The number of nitrogens with zero attached hydrogens (tertiary/aromatic N) is 3. The van der Waals surface area contributed by atoms with E-state index < -0.39 is 5.25 Å². The third-order valence-electron chi connectivity index (χ3n) is 5.05. The Hall–Kier alpha value is -3.09. The standard InChI is InChI=1S/C25H22ClN3O2S/c1-16-8-7-11-19(14-16)29-23(30)20-13-12-18(26)15-21(20)27-25(29)32-22(24(31)28(2)3)17-9-5-4-6-10-17/h4-15,22H,1-3H3. The van der Waals surface area contributed by atoms with Crippen molar-refractivity contribution in [2.75, 3.05) is 14.1 Å². The van der Waals surface area contributed by atoms with Crippen LogP contribution in [0.3, 0.4) is 0 Å². The van der Waals surface area contributed by atoms with Gasteiger partial charge in [0.1, 0.15) is 5.25 Å². The molecule has 0 saturated heterocycles. The van der Waals surface area contributed by atoms with Crippen LogP contribution in [0.1, 0.15) is 16.4 Å². The number of amides is 1. The summed E-state index contributed by atoms with van der Waals surface area (Å²) >= 11 is 7.44. The summed E-state index contributed by atoms with van der Waals surface area (Å²) in [5.41, 5.74) is 2.85. The molecular formula is C25H22ClN3O2S. The summed E-state index contributed by atoms with van der Waals surface area (Å²) in [5.74, 6) is -0.0857. The number of thioether (sulfide) groups is 1. The van der Waals surface area contributed by atoms with Crippen molar-refractivity contribution in [2.24, 2.45) is 0 Å². The zero-order valence-electron chi connectivity index (χ0n) is 17.9. The van der Waals surface area contributed by atoms with E-state index in [-0.39, 0.29) is 11.5 Å². The highest BCUT2D eigenvalue weighted by atomic mass is 35.5. The van der Waals surface area contributed by atoms with Crippen molar-refractivity contribution >= 4 is 40.2 Å². The Morgan fingerprint density at radius 3 is 2.47 bits per heavy atom. The lowest BCUT2D eigenvalue weighted by atomic mass is 10.1. The van der Waals surface area contributed by atoms with E-state index in [0.29, 0.717) is 26.8 Å². The molecule has 32 heavy (non-hydrogen) atoms. The van der Waals surface area contributed by atoms with Gasteiger partial charge in [-0.1, -0.05) is 65.8 Å². The third kappa shape index (κ3) is 4.42. The third-order valence-corrected chi connectivity index (χ3v) is 6.48. The molecule has 3 aromatic carbocycles. The highest BCUT2D eigenvalue weighted by Crippen LogP contribution is 2.36. The van der Waals surface area contributed by atoms with Gasteiger partial charge in [0.25, 0.3) is 5.56 Å². The first kappa shape index (κ1) is 22.1. The number of hydrogen-bond donors (Lipinski definition) is 0. The van der Waals surface area contributed by atoms with E-state index >= 15 is 0 Å². The first-order chi connectivity index (χ1) is 15.3. The van der Waals surface area contributed by atoms with E-state index in [1.54, 1.807) is 41.8 Å². The van der Waals surface area contributed by atoms with E-state index in [2.05, 4.69) is 0 Å². The van der Waals surface area contributed by atoms with Crippen LogP contribution < -0.4 is 5.56 Å². The zero-order valence-corrected chi connectivity index (χ0v) is 19.5. The molecule has 7 heteroatoms. The Morgan fingerprint density at radius 1 is 1.03 bits per heavy atom. The van der Waals surface area contributed by atoms with Crippen LogP contribution in [-0.4, -0.2) is 34.5 Å². The van der Waals surface area contributed by atoms with Gasteiger partial charge >= 0.3 is 0 Å². The second-order valence-electron chi connectivity index (χ2n) is 7.68. The minimum atomic E-state index is -0.564. The van der Waals surface area contributed by atoms with Crippen LogP contribution in [0.5, 0.6) is 0 Å². The molecule has 1 heterocycles. The lowest BCUT2D eigenvalue weighted by Crippen LogP contribution is -2.28. The summed E-state index contributed by atoms with van der Waals surface area (Å²) in [4.78, 5) is 33.0. The van der Waals surface area contributed by atoms with E-state index in [0.717, 1.165) is 11.1 Å². The maximum absolute atomic E-state index is 13.6. The molecule has 0 aliphatic rings. The minimum Gasteiger partial charge on any atom is -0.348 e. The van der Waals surface area contributed by atoms with Crippen molar-refractivity contribution in [3.63, 3.8) is 0 Å². The molecular weight excluding hydrogens is 442 g/mol. The fourth-order valence-electron chi connectivity index (χ4n) is 3.44. The fourth-order valence-corrected chi connectivity index (χ4v) is 4.87. The van der Waals surface area contributed by atoms with Crippen LogP contribution in [0.4, 0.5) is 0 Å². The predicted octanol–water partition coefficient (Wildman–Crippen LogP) is 5.27. The number of carbonyl (C=O) groups excluding carboxylic acids is 1. The normalized spacial score (nSPS) is 12.0. The Bertz CT molecular complexity index is 1350. The average molecular weight is 464 g/mol. The van der Waals surface area contributed by atoms with Gasteiger partial charge in [-0.15, -0.1) is 0 Å². The van der Waals surface area contributed by atoms with Crippen molar-refractivity contribution in [3.05, 3.63) is 99.3 Å². The Morgan fingerprint density at radius 2 is 1.78 bits per heavy atom. The van der Waals surface area contributed by atoms with Crippen LogP contribution in [0.2, 0.25) is 5.02 Å². The number of benzene rings is 3. The van der Waals surface area contributed by atoms with Crippen molar-refractivity contribution in [1.82, 2.24) is 14.5 Å². The fraction of sp³-hybridized carbons (Fsp3) is 0.160. The Labute approximate surface area is 195 Å². The molecule has 0 fully saturated rings. The molecule has 0 bridgehead atoms. The summed E-state index contributed by atoms with van der Waals surface area (Å²) < 4.78 is 1.58. The molecule has 1 unspecified atom stereocenters. The van der Waals surface area contributed by atoms with Gasteiger partial charge in [-0.2, -0.15) is 0 Å². The van der Waals surface area contributed by atoms with Gasteiger partial charge in [-0.05, 0) is 48.4 Å². The van der Waals surface area contributed by atoms with Gasteiger partial charge in [0.05, 0.1) is 16.6 Å². The van der Waals surface area contributed by atoms with E-state index in [9.17, 15) is 9.59 Å². The first-order valence-corrected chi connectivity index (χ1v) is 11.3. The summed E-state index contributed by atoms with van der Waals surface area (Å²) in [6.07, 6.45) is 0. The minimum absolute atomic E-state index is 0.0857. The second-order valence-corrected chi connectivity index (χ2v) is 9.19. The lowest BCUT2D eigenvalue weighted by Gasteiger charge is -2.22. The van der Waals surface area contributed by atoms with Crippen molar-refractivity contribution < 1.29 is 4.79 Å². The zero-order chi connectivity index (χ0) is 22.8. The topological polar surface area (TPSA) is 55.2 Å². The molecule has 4 rings (SSSR count). The summed E-state index contributed by atoms with van der Waals surface area (Å²) in [6.45, 7) is 1.97. The van der Waals surface area contributed by atoms with E-state index in [1.165, 1.54) is 11.8 Å². The summed E-state index contributed by atoms with van der Waals surface area (Å²) in [6, 6.07) is 22.2. The molecule has 162 valence electrons. The molecule has 5 nitrogen and oxygen atoms in total. The monoisotopic (exact) mass is 463 g/mol. The number of hydrogen-bond acceptors (Lipinski definition) is 4. The van der Waals surface area contributed by atoms with Crippen molar-refractivity contribution in [2.45, 2.75) is 17.3 Å². The quantitative estimate of drug-likeness (QED) is 0.299. The van der Waals surface area contributed by atoms with Gasteiger partial charge in [0.2, 0.25) is 5.91 Å². The smallest absolute Gasteiger partial charge is 0.266 e. The highest BCUT2D eigenvalue weighted by Gasteiger charge is 2.27. The lowest BCUT2D eigenvalue weighted by molar-refractivity contribution is -0.128. The average Bonchev–Trinajstić information content (AvgIpc) is 2.77. The van der Waals surface area contributed by atoms with Gasteiger partial charge in [0, 0.05) is 19.1 Å². The summed E-state index contributed by atoms with van der Waals surface area (Å²) in [7, 11) is 3.44. The second kappa shape index (κ2) is 9.18. The van der Waals surface area contributed by atoms with Gasteiger partial charge < -0.3 is 4.90 Å². The SMILES string of the molecule is Cc1cccc(-n2c(SC(C(=O)N(C)C)c3ccccc3)nc3cc(Cl)ccc3c2=O)c1. The number of rotatable bonds is 5. The molecule has 0 N–H and O–H groups in total. The van der Waals surface area contributed by atoms with Crippen LogP contribution in [0.25, 0.3) is 16.6 Å². The van der Waals surface area contributed by atoms with E-state index in [1.807, 2.05) is 61.5 Å². The molecule has 0 aliphatic carbocycles. The molecule has 1 amide bonds. The van der Waals surface area contributed by atoms with Gasteiger partial charge in [0.15, 0.2) is 5.16 Å². The van der Waals surface area contributed by atoms with Gasteiger partial charge in [-0.3, -0.25) is 14.2 Å². The van der Waals surface area contributed by atoms with Crippen molar-refractivity contribution in [3.8, 4) is 5.69 Å². The maximum Gasteiger partial charge on any atom is 0.266 e. The Kier molecular flexibility index (Phi) is 6.35. The van der Waals surface area contributed by atoms with Crippen LogP contribution in [-0.2, 0) is 4.79 Å². The molecule has 0 radical (unpaired) electrons. The molecule has 0 saturated carbocycles. The van der Waals surface area contributed by atoms with Crippen LogP contribution in [0.15, 0.2) is 82.7 Å². The molecule has 4 aromatic rings. The molecule has 0 spiro atoms. The number of carbonyl (C=O) groups is 1. The number of aryl methyl sites for hydroxylation is 1. The van der Waals surface area contributed by atoms with Crippen LogP contribution >= 0.6 is 23.4 Å². The summed E-state index contributed by atoms with van der Waals surface area (Å²) in [5, 5.41) is 0.832. The van der Waals surface area contributed by atoms with E-state index in [4.69, 9.17) is 16.6 Å². The Balaban J connectivity index is 1.96. The molecule has 1 atom stereocenters. The highest BCUT2D eigenvalue weighted by molar-refractivity contribution is 8.00. The number of halogens is 1. The maximum atomic E-state index is 13.6. The predicted molar refractivity (Wildman–Crippen MR) is 131 cm³/mol. The number of likely N-dealkylation sites (N-methyl/N-ethyl adjacent to an activating group) is 1. The largest absolute Gasteiger partial charge is 0.348 e.